The average Bonchev–Trinajstić information content (AvgIpc) is 3.24. The molecule has 0 bridgehead atoms. The summed E-state index contributed by atoms with van der Waals surface area (Å²) in [5, 5.41) is 19.4. The number of nitrogens with zero attached hydrogens (tertiary/aromatic N) is 1. The molecule has 0 fully saturated rings. The highest BCUT2D eigenvalue weighted by Crippen LogP contribution is 2.24. The van der Waals surface area contributed by atoms with Gasteiger partial charge in [-0.2, -0.15) is 5.10 Å². The summed E-state index contributed by atoms with van der Waals surface area (Å²) in [6.07, 6.45) is 2.76. The standard InChI is InChI=1S/C17H16FN3O3/c1-17(23,14-7-4-8-24-14)10-19-16(22)12-9-20-21-15(12)11-5-2-3-6-13(11)18/h2-9,23H,10H2,1H3,(H,19,22)(H,20,21). The first-order chi connectivity index (χ1) is 11.5. The van der Waals surface area contributed by atoms with Crippen molar-refractivity contribution in [3.8, 4) is 11.3 Å². The number of aromatic nitrogens is 2. The van der Waals surface area contributed by atoms with Gasteiger partial charge < -0.3 is 14.8 Å². The van der Waals surface area contributed by atoms with Gasteiger partial charge in [-0.25, -0.2) is 4.39 Å². The molecule has 0 saturated carbocycles. The second kappa shape index (κ2) is 6.29. The molecule has 1 atom stereocenters. The Kier molecular flexibility index (Phi) is 4.18. The van der Waals surface area contributed by atoms with Crippen molar-refractivity contribution < 1.29 is 18.7 Å². The Hall–Kier alpha value is -2.93. The number of H-pyrrole nitrogens is 1. The summed E-state index contributed by atoms with van der Waals surface area (Å²) >= 11 is 0. The van der Waals surface area contributed by atoms with Gasteiger partial charge in [-0.1, -0.05) is 12.1 Å². The van der Waals surface area contributed by atoms with Crippen LogP contribution in [0.2, 0.25) is 0 Å². The summed E-state index contributed by atoms with van der Waals surface area (Å²) in [4.78, 5) is 12.4. The van der Waals surface area contributed by atoms with E-state index in [0.29, 0.717) is 5.76 Å². The summed E-state index contributed by atoms with van der Waals surface area (Å²) in [6, 6.07) is 9.36. The van der Waals surface area contributed by atoms with E-state index >= 15 is 0 Å². The molecule has 1 amide bonds. The quantitative estimate of drug-likeness (QED) is 0.670. The fourth-order valence-electron chi connectivity index (χ4n) is 2.35. The predicted molar refractivity (Wildman–Crippen MR) is 84.6 cm³/mol. The van der Waals surface area contributed by atoms with Crippen molar-refractivity contribution in [1.29, 1.82) is 0 Å². The van der Waals surface area contributed by atoms with Crippen LogP contribution >= 0.6 is 0 Å². The first-order valence-corrected chi connectivity index (χ1v) is 7.32. The van der Waals surface area contributed by atoms with Crippen LogP contribution in [0.4, 0.5) is 4.39 Å². The van der Waals surface area contributed by atoms with Crippen LogP contribution in [-0.2, 0) is 5.60 Å². The second-order valence-electron chi connectivity index (χ2n) is 5.57. The molecule has 3 N–H and O–H groups in total. The summed E-state index contributed by atoms with van der Waals surface area (Å²) in [5.74, 6) is -0.600. The van der Waals surface area contributed by atoms with Crippen molar-refractivity contribution in [2.45, 2.75) is 12.5 Å². The number of carbonyl (C=O) groups excluding carboxylic acids is 1. The van der Waals surface area contributed by atoms with Crippen LogP contribution in [0.25, 0.3) is 11.3 Å². The van der Waals surface area contributed by atoms with Crippen LogP contribution in [-0.4, -0.2) is 27.8 Å². The lowest BCUT2D eigenvalue weighted by Gasteiger charge is -2.21. The minimum Gasteiger partial charge on any atom is -0.466 e. The number of hydrogen-bond acceptors (Lipinski definition) is 4. The molecule has 2 heterocycles. The third-order valence-electron chi connectivity index (χ3n) is 3.67. The largest absolute Gasteiger partial charge is 0.466 e. The van der Waals surface area contributed by atoms with Crippen LogP contribution < -0.4 is 5.32 Å². The zero-order chi connectivity index (χ0) is 17.2. The number of nitrogens with one attached hydrogen (secondary N) is 2. The van der Waals surface area contributed by atoms with Crippen molar-refractivity contribution in [2.75, 3.05) is 6.54 Å². The molecule has 0 aliphatic rings. The minimum atomic E-state index is -1.36. The van der Waals surface area contributed by atoms with Crippen LogP contribution in [0.15, 0.2) is 53.3 Å². The topological polar surface area (TPSA) is 91.1 Å². The summed E-state index contributed by atoms with van der Waals surface area (Å²) in [7, 11) is 0. The van der Waals surface area contributed by atoms with Crippen LogP contribution in [0.1, 0.15) is 23.0 Å². The maximum absolute atomic E-state index is 13.9. The molecule has 0 aliphatic heterocycles. The molecule has 24 heavy (non-hydrogen) atoms. The second-order valence-corrected chi connectivity index (χ2v) is 5.57. The van der Waals surface area contributed by atoms with Gasteiger partial charge in [-0.3, -0.25) is 9.89 Å². The number of halogens is 1. The van der Waals surface area contributed by atoms with E-state index in [1.807, 2.05) is 0 Å². The Morgan fingerprint density at radius 2 is 2.17 bits per heavy atom. The Bertz CT molecular complexity index is 840. The molecular formula is C17H16FN3O3. The van der Waals surface area contributed by atoms with E-state index in [1.165, 1.54) is 25.5 Å². The van der Waals surface area contributed by atoms with E-state index in [4.69, 9.17) is 4.42 Å². The fraction of sp³-hybridized carbons (Fsp3) is 0.176. The Labute approximate surface area is 137 Å². The van der Waals surface area contributed by atoms with Gasteiger partial charge in [0.15, 0.2) is 0 Å². The van der Waals surface area contributed by atoms with Crippen molar-refractivity contribution in [3.63, 3.8) is 0 Å². The minimum absolute atomic E-state index is 0.0682. The van der Waals surface area contributed by atoms with Gasteiger partial charge in [-0.15, -0.1) is 0 Å². The SMILES string of the molecule is CC(O)(CNC(=O)c1cn[nH]c1-c1ccccc1F)c1ccco1. The normalized spacial score (nSPS) is 13.5. The number of aliphatic hydroxyl groups is 1. The fourth-order valence-corrected chi connectivity index (χ4v) is 2.35. The first-order valence-electron chi connectivity index (χ1n) is 7.32. The summed E-state index contributed by atoms with van der Waals surface area (Å²) < 4.78 is 19.1. The van der Waals surface area contributed by atoms with E-state index < -0.39 is 17.3 Å². The molecule has 1 aromatic carbocycles. The lowest BCUT2D eigenvalue weighted by molar-refractivity contribution is 0.0330. The van der Waals surface area contributed by atoms with E-state index in [1.54, 1.807) is 30.3 Å². The van der Waals surface area contributed by atoms with Gasteiger partial charge in [0, 0.05) is 5.56 Å². The average molecular weight is 329 g/mol. The van der Waals surface area contributed by atoms with Crippen molar-refractivity contribution in [2.24, 2.45) is 0 Å². The lowest BCUT2D eigenvalue weighted by Crippen LogP contribution is -2.38. The summed E-state index contributed by atoms with van der Waals surface area (Å²) in [6.45, 7) is 1.46. The third kappa shape index (κ3) is 3.07. The van der Waals surface area contributed by atoms with Crippen LogP contribution in [0.3, 0.4) is 0 Å². The maximum Gasteiger partial charge on any atom is 0.255 e. The zero-order valence-corrected chi connectivity index (χ0v) is 12.9. The number of hydrogen-bond donors (Lipinski definition) is 3. The van der Waals surface area contributed by atoms with Gasteiger partial charge in [0.25, 0.3) is 5.91 Å². The van der Waals surface area contributed by atoms with Crippen LogP contribution in [0, 0.1) is 5.82 Å². The molecule has 7 heteroatoms. The van der Waals surface area contributed by atoms with Gasteiger partial charge in [-0.05, 0) is 31.2 Å². The Morgan fingerprint density at radius 3 is 2.88 bits per heavy atom. The highest BCUT2D eigenvalue weighted by atomic mass is 19.1. The molecule has 3 aromatic rings. The number of furan rings is 1. The molecule has 0 radical (unpaired) electrons. The lowest BCUT2D eigenvalue weighted by atomic mass is 10.0. The van der Waals surface area contributed by atoms with Gasteiger partial charge >= 0.3 is 0 Å². The molecule has 2 aromatic heterocycles. The monoisotopic (exact) mass is 329 g/mol. The molecule has 6 nitrogen and oxygen atoms in total. The van der Waals surface area contributed by atoms with Crippen molar-refractivity contribution in [1.82, 2.24) is 15.5 Å². The number of benzene rings is 1. The molecule has 1 unspecified atom stereocenters. The van der Waals surface area contributed by atoms with Crippen LogP contribution in [0.5, 0.6) is 0 Å². The summed E-state index contributed by atoms with van der Waals surface area (Å²) in [5.41, 5.74) is -0.641. The number of amides is 1. The van der Waals surface area contributed by atoms with Crippen molar-refractivity contribution >= 4 is 5.91 Å². The molecule has 3 rings (SSSR count). The van der Waals surface area contributed by atoms with Gasteiger partial charge in [0.05, 0.1) is 30.3 Å². The zero-order valence-electron chi connectivity index (χ0n) is 12.9. The predicted octanol–water partition coefficient (Wildman–Crippen LogP) is 2.45. The molecule has 0 spiro atoms. The smallest absolute Gasteiger partial charge is 0.255 e. The highest BCUT2D eigenvalue weighted by molar-refractivity contribution is 5.99. The molecule has 0 saturated heterocycles. The van der Waals surface area contributed by atoms with Crippen molar-refractivity contribution in [3.05, 3.63) is 66.0 Å². The molecule has 0 aliphatic carbocycles. The third-order valence-corrected chi connectivity index (χ3v) is 3.67. The Balaban J connectivity index is 1.78. The van der Waals surface area contributed by atoms with E-state index in [9.17, 15) is 14.3 Å². The number of carbonyl (C=O) groups is 1. The Morgan fingerprint density at radius 1 is 1.38 bits per heavy atom. The molecular weight excluding hydrogens is 313 g/mol. The van der Waals surface area contributed by atoms with E-state index in [-0.39, 0.29) is 23.4 Å². The number of rotatable bonds is 5. The first kappa shape index (κ1) is 15.9. The van der Waals surface area contributed by atoms with Gasteiger partial charge in [0.2, 0.25) is 0 Å². The highest BCUT2D eigenvalue weighted by Gasteiger charge is 2.28. The molecule has 124 valence electrons. The van der Waals surface area contributed by atoms with Gasteiger partial charge in [0.1, 0.15) is 17.2 Å². The van der Waals surface area contributed by atoms with E-state index in [0.717, 1.165) is 0 Å². The maximum atomic E-state index is 13.9. The van der Waals surface area contributed by atoms with E-state index in [2.05, 4.69) is 15.5 Å². The number of aromatic amines is 1.